The molecule has 0 aliphatic heterocycles. The van der Waals surface area contributed by atoms with Crippen molar-refractivity contribution in [1.82, 2.24) is 4.98 Å². The van der Waals surface area contributed by atoms with Crippen molar-refractivity contribution in [1.29, 1.82) is 0 Å². The van der Waals surface area contributed by atoms with Gasteiger partial charge in [-0.3, -0.25) is 4.98 Å². The smallest absolute Gasteiger partial charge is 0.203 e. The van der Waals surface area contributed by atoms with Gasteiger partial charge in [-0.25, -0.2) is 4.39 Å². The normalized spacial score (nSPS) is 10.3. The predicted molar refractivity (Wildman–Crippen MR) is 74.0 cm³/mol. The highest BCUT2D eigenvalue weighted by molar-refractivity contribution is 5.53. The molecule has 1 aromatic carbocycles. The molecule has 112 valence electrons. The van der Waals surface area contributed by atoms with E-state index in [1.54, 1.807) is 12.1 Å². The molecule has 2 rings (SSSR count). The first-order valence-corrected chi connectivity index (χ1v) is 6.26. The number of aromatic nitrogens is 1. The Labute approximate surface area is 121 Å². The molecule has 1 aromatic heterocycles. The van der Waals surface area contributed by atoms with Gasteiger partial charge < -0.3 is 19.3 Å². The average molecular weight is 293 g/mol. The summed E-state index contributed by atoms with van der Waals surface area (Å²) in [5.41, 5.74) is 1.23. The second-order valence-corrected chi connectivity index (χ2v) is 4.29. The van der Waals surface area contributed by atoms with Crippen molar-refractivity contribution in [3.8, 4) is 17.2 Å². The molecule has 0 bridgehead atoms. The summed E-state index contributed by atoms with van der Waals surface area (Å²) in [5, 5.41) is 9.20. The number of aliphatic hydroxyl groups is 1. The van der Waals surface area contributed by atoms with Crippen molar-refractivity contribution in [2.45, 2.75) is 13.2 Å². The van der Waals surface area contributed by atoms with Gasteiger partial charge >= 0.3 is 0 Å². The Kier molecular flexibility index (Phi) is 4.94. The van der Waals surface area contributed by atoms with Gasteiger partial charge in [0, 0.05) is 11.8 Å². The lowest BCUT2D eigenvalue weighted by Gasteiger charge is -2.15. The molecule has 0 unspecified atom stereocenters. The van der Waals surface area contributed by atoms with Crippen molar-refractivity contribution < 1.29 is 23.7 Å². The Morgan fingerprint density at radius 1 is 1.05 bits per heavy atom. The predicted octanol–water partition coefficient (Wildman–Crippen LogP) is 2.31. The number of pyridine rings is 1. The third kappa shape index (κ3) is 3.61. The molecule has 0 amide bonds. The zero-order chi connectivity index (χ0) is 15.2. The lowest BCUT2D eigenvalue weighted by molar-refractivity contribution is 0.259. The Morgan fingerprint density at radius 3 is 2.24 bits per heavy atom. The van der Waals surface area contributed by atoms with E-state index in [1.807, 2.05) is 0 Å². The van der Waals surface area contributed by atoms with E-state index >= 15 is 0 Å². The summed E-state index contributed by atoms with van der Waals surface area (Å²) in [6.45, 7) is -0.0171. The number of nitrogens with zero attached hydrogens (tertiary/aromatic N) is 1. The van der Waals surface area contributed by atoms with Crippen molar-refractivity contribution in [2.24, 2.45) is 0 Å². The number of aliphatic hydroxyl groups excluding tert-OH is 1. The van der Waals surface area contributed by atoms with Gasteiger partial charge in [0.2, 0.25) is 5.75 Å². The van der Waals surface area contributed by atoms with Crippen LogP contribution >= 0.6 is 0 Å². The molecule has 0 radical (unpaired) electrons. The van der Waals surface area contributed by atoms with Gasteiger partial charge in [0.1, 0.15) is 12.4 Å². The van der Waals surface area contributed by atoms with Crippen molar-refractivity contribution in [2.75, 3.05) is 14.2 Å². The van der Waals surface area contributed by atoms with Gasteiger partial charge in [-0.15, -0.1) is 0 Å². The Hall–Kier alpha value is -2.34. The number of hydrogen-bond acceptors (Lipinski definition) is 5. The fourth-order valence-electron chi connectivity index (χ4n) is 1.86. The van der Waals surface area contributed by atoms with Gasteiger partial charge in [-0.05, 0) is 23.8 Å². The maximum Gasteiger partial charge on any atom is 0.203 e. The molecule has 0 spiro atoms. The highest BCUT2D eigenvalue weighted by Crippen LogP contribution is 2.39. The minimum atomic E-state index is -0.425. The molecule has 21 heavy (non-hydrogen) atoms. The molecule has 0 fully saturated rings. The summed E-state index contributed by atoms with van der Waals surface area (Å²) in [4.78, 5) is 3.76. The fraction of sp³-hybridized carbons (Fsp3) is 0.267. The van der Waals surface area contributed by atoms with Gasteiger partial charge in [0.15, 0.2) is 11.5 Å². The van der Waals surface area contributed by atoms with Crippen molar-refractivity contribution >= 4 is 0 Å². The van der Waals surface area contributed by atoms with Crippen LogP contribution in [0.1, 0.15) is 11.1 Å². The van der Waals surface area contributed by atoms with Gasteiger partial charge in [-0.1, -0.05) is 0 Å². The van der Waals surface area contributed by atoms with Crippen LogP contribution < -0.4 is 14.2 Å². The zero-order valence-corrected chi connectivity index (χ0v) is 11.8. The van der Waals surface area contributed by atoms with Crippen LogP contribution in [0.15, 0.2) is 30.6 Å². The molecular formula is C15H16FNO4. The third-order valence-corrected chi connectivity index (χ3v) is 2.85. The summed E-state index contributed by atoms with van der Waals surface area (Å²) in [6.07, 6.45) is 2.64. The lowest BCUT2D eigenvalue weighted by Crippen LogP contribution is -2.02. The van der Waals surface area contributed by atoms with E-state index < -0.39 is 5.82 Å². The van der Waals surface area contributed by atoms with Crippen LogP contribution in [0.5, 0.6) is 17.2 Å². The molecule has 0 saturated heterocycles. The van der Waals surface area contributed by atoms with Crippen LogP contribution in [0.3, 0.4) is 0 Å². The molecule has 6 heteroatoms. The van der Waals surface area contributed by atoms with E-state index in [4.69, 9.17) is 14.2 Å². The number of hydrogen-bond donors (Lipinski definition) is 1. The molecule has 0 aliphatic rings. The quantitative estimate of drug-likeness (QED) is 0.885. The first kappa shape index (κ1) is 15.1. The van der Waals surface area contributed by atoms with E-state index in [9.17, 15) is 9.50 Å². The summed E-state index contributed by atoms with van der Waals surface area (Å²) in [7, 11) is 2.99. The van der Waals surface area contributed by atoms with E-state index in [0.29, 0.717) is 28.4 Å². The maximum atomic E-state index is 13.1. The van der Waals surface area contributed by atoms with Crippen LogP contribution in [0, 0.1) is 5.82 Å². The highest BCUT2D eigenvalue weighted by Gasteiger charge is 2.14. The second-order valence-electron chi connectivity index (χ2n) is 4.29. The molecule has 1 heterocycles. The minimum absolute atomic E-state index is 0.121. The molecule has 0 atom stereocenters. The molecule has 5 nitrogen and oxygen atoms in total. The Balaban J connectivity index is 2.26. The number of halogens is 1. The molecule has 0 aliphatic carbocycles. The third-order valence-electron chi connectivity index (χ3n) is 2.85. The monoisotopic (exact) mass is 293 g/mol. The molecule has 0 saturated carbocycles. The molecule has 1 N–H and O–H groups in total. The molecule has 2 aromatic rings. The van der Waals surface area contributed by atoms with Crippen LogP contribution in [0.4, 0.5) is 4.39 Å². The first-order valence-electron chi connectivity index (χ1n) is 6.26. The summed E-state index contributed by atoms with van der Waals surface area (Å²) in [6, 6.07) is 4.65. The number of rotatable bonds is 6. The van der Waals surface area contributed by atoms with E-state index in [1.165, 1.54) is 26.5 Å². The van der Waals surface area contributed by atoms with Crippen LogP contribution in [-0.4, -0.2) is 24.3 Å². The highest BCUT2D eigenvalue weighted by atomic mass is 19.1. The largest absolute Gasteiger partial charge is 0.493 e. The van der Waals surface area contributed by atoms with Gasteiger partial charge in [0.25, 0.3) is 0 Å². The van der Waals surface area contributed by atoms with Gasteiger partial charge in [-0.2, -0.15) is 0 Å². The zero-order valence-electron chi connectivity index (χ0n) is 11.8. The summed E-state index contributed by atoms with van der Waals surface area (Å²) in [5.74, 6) is 0.831. The average Bonchev–Trinajstić information content (AvgIpc) is 2.52. The first-order chi connectivity index (χ1) is 10.2. The fourth-order valence-corrected chi connectivity index (χ4v) is 1.86. The Morgan fingerprint density at radius 2 is 1.71 bits per heavy atom. The lowest BCUT2D eigenvalue weighted by atomic mass is 10.2. The van der Waals surface area contributed by atoms with E-state index in [2.05, 4.69) is 4.98 Å². The maximum absolute atomic E-state index is 13.1. The number of methoxy groups -OCH3 is 2. The van der Waals surface area contributed by atoms with Crippen LogP contribution in [0.25, 0.3) is 0 Å². The number of benzene rings is 1. The van der Waals surface area contributed by atoms with E-state index in [0.717, 1.165) is 6.20 Å². The standard InChI is InChI=1S/C15H16FNO4/c1-19-13-4-10(8-18)5-14(20-2)15(13)21-9-11-3-12(16)7-17-6-11/h3-7,18H,8-9H2,1-2H3. The second kappa shape index (κ2) is 6.90. The topological polar surface area (TPSA) is 60.8 Å². The molecular weight excluding hydrogens is 277 g/mol. The summed E-state index contributed by atoms with van der Waals surface area (Å²) >= 11 is 0. The minimum Gasteiger partial charge on any atom is -0.493 e. The number of ether oxygens (including phenoxy) is 3. The van der Waals surface area contributed by atoms with Crippen molar-refractivity contribution in [3.63, 3.8) is 0 Å². The SMILES string of the molecule is COc1cc(CO)cc(OC)c1OCc1cncc(F)c1. The summed E-state index contributed by atoms with van der Waals surface area (Å²) < 4.78 is 29.2. The van der Waals surface area contributed by atoms with Crippen LogP contribution in [-0.2, 0) is 13.2 Å². The van der Waals surface area contributed by atoms with Crippen molar-refractivity contribution in [3.05, 3.63) is 47.5 Å². The van der Waals surface area contributed by atoms with Crippen LogP contribution in [0.2, 0.25) is 0 Å². The van der Waals surface area contributed by atoms with E-state index in [-0.39, 0.29) is 13.2 Å². The van der Waals surface area contributed by atoms with Gasteiger partial charge in [0.05, 0.1) is 27.0 Å². The Bertz CT molecular complexity index is 593.